The van der Waals surface area contributed by atoms with E-state index in [0.717, 1.165) is 40.9 Å². The highest BCUT2D eigenvalue weighted by Gasteiger charge is 2.30. The molecule has 1 aromatic carbocycles. The first-order valence-corrected chi connectivity index (χ1v) is 11.1. The maximum atomic E-state index is 12.2. The largest absolute Gasteiger partial charge is 0.497 e. The van der Waals surface area contributed by atoms with Crippen molar-refractivity contribution in [2.75, 3.05) is 19.4 Å². The third-order valence-corrected chi connectivity index (χ3v) is 6.35. The Hall–Kier alpha value is -2.32. The second kappa shape index (κ2) is 8.79. The van der Waals surface area contributed by atoms with Crippen LogP contribution in [0.5, 0.6) is 5.75 Å². The minimum atomic E-state index is 0.0153. The number of amides is 1. The summed E-state index contributed by atoms with van der Waals surface area (Å²) in [4.78, 5) is 13.4. The molecule has 8 heteroatoms. The number of nitrogens with zero attached hydrogens (tertiary/aromatic N) is 3. The van der Waals surface area contributed by atoms with Crippen molar-refractivity contribution >= 4 is 29.0 Å². The van der Waals surface area contributed by atoms with E-state index in [9.17, 15) is 4.79 Å². The minimum absolute atomic E-state index is 0.0153. The Morgan fingerprint density at radius 1 is 1.29 bits per heavy atom. The standard InChI is InChI=1S/C20H22N4O2S2/c1-26-16-8-4-14(5-9-16)10-11-21-18(25)13-28-20-23-22-19(17-3-2-12-27-17)24(20)15-6-7-15/h2-5,8-9,12,15H,6-7,10-11,13H2,1H3,(H,21,25). The Balaban J connectivity index is 1.29. The summed E-state index contributed by atoms with van der Waals surface area (Å²) in [5.41, 5.74) is 1.17. The normalized spacial score (nSPS) is 13.5. The molecule has 4 rings (SSSR count). The summed E-state index contributed by atoms with van der Waals surface area (Å²) in [5.74, 6) is 2.12. The van der Waals surface area contributed by atoms with Gasteiger partial charge in [0.15, 0.2) is 11.0 Å². The summed E-state index contributed by atoms with van der Waals surface area (Å²) in [6, 6.07) is 12.5. The molecule has 0 saturated heterocycles. The fraction of sp³-hybridized carbons (Fsp3) is 0.350. The molecule has 146 valence electrons. The first-order chi connectivity index (χ1) is 13.7. The van der Waals surface area contributed by atoms with Gasteiger partial charge in [0, 0.05) is 12.6 Å². The molecule has 1 N–H and O–H groups in total. The Morgan fingerprint density at radius 3 is 2.79 bits per heavy atom. The van der Waals surface area contributed by atoms with Crippen molar-refractivity contribution < 1.29 is 9.53 Å². The van der Waals surface area contributed by atoms with Gasteiger partial charge < -0.3 is 10.1 Å². The molecule has 2 aromatic heterocycles. The Morgan fingerprint density at radius 2 is 2.11 bits per heavy atom. The van der Waals surface area contributed by atoms with Crippen LogP contribution in [0.25, 0.3) is 10.7 Å². The predicted octanol–water partition coefficient (Wildman–Crippen LogP) is 3.80. The number of methoxy groups -OCH3 is 1. The first kappa shape index (κ1) is 19.0. The topological polar surface area (TPSA) is 69.0 Å². The average Bonchev–Trinajstić information content (AvgIpc) is 3.24. The number of aromatic nitrogens is 3. The fourth-order valence-electron chi connectivity index (χ4n) is 2.93. The number of nitrogens with one attached hydrogen (secondary N) is 1. The number of rotatable bonds is 9. The molecule has 2 heterocycles. The van der Waals surface area contributed by atoms with E-state index in [4.69, 9.17) is 4.74 Å². The van der Waals surface area contributed by atoms with Crippen LogP contribution in [-0.4, -0.2) is 40.1 Å². The van der Waals surface area contributed by atoms with Gasteiger partial charge in [-0.1, -0.05) is 30.0 Å². The van der Waals surface area contributed by atoms with Crippen LogP contribution in [0.1, 0.15) is 24.4 Å². The summed E-state index contributed by atoms with van der Waals surface area (Å²) in [6.45, 7) is 0.613. The molecule has 0 aliphatic heterocycles. The van der Waals surface area contributed by atoms with Crippen molar-refractivity contribution in [1.29, 1.82) is 0 Å². The van der Waals surface area contributed by atoms with Gasteiger partial charge in [-0.15, -0.1) is 21.5 Å². The van der Waals surface area contributed by atoms with Crippen molar-refractivity contribution in [3.63, 3.8) is 0 Å². The quantitative estimate of drug-likeness (QED) is 0.540. The number of hydrogen-bond acceptors (Lipinski definition) is 6. The molecule has 3 aromatic rings. The van der Waals surface area contributed by atoms with E-state index < -0.39 is 0 Å². The van der Waals surface area contributed by atoms with Gasteiger partial charge in [-0.05, 0) is 48.4 Å². The van der Waals surface area contributed by atoms with Gasteiger partial charge >= 0.3 is 0 Å². The lowest BCUT2D eigenvalue weighted by molar-refractivity contribution is -0.118. The van der Waals surface area contributed by atoms with Crippen LogP contribution >= 0.6 is 23.1 Å². The molecule has 0 spiro atoms. The van der Waals surface area contributed by atoms with Crippen molar-refractivity contribution in [3.8, 4) is 16.5 Å². The molecular formula is C20H22N4O2S2. The molecular weight excluding hydrogens is 392 g/mol. The van der Waals surface area contributed by atoms with Crippen LogP contribution in [0.15, 0.2) is 46.9 Å². The second-order valence-electron chi connectivity index (χ2n) is 6.62. The SMILES string of the molecule is COc1ccc(CCNC(=O)CSc2nnc(-c3cccs3)n2C2CC2)cc1. The van der Waals surface area contributed by atoms with E-state index in [0.29, 0.717) is 18.3 Å². The van der Waals surface area contributed by atoms with Crippen LogP contribution < -0.4 is 10.1 Å². The van der Waals surface area contributed by atoms with Gasteiger partial charge in [-0.3, -0.25) is 9.36 Å². The van der Waals surface area contributed by atoms with Crippen molar-refractivity contribution in [2.45, 2.75) is 30.5 Å². The molecule has 28 heavy (non-hydrogen) atoms. The molecule has 1 aliphatic carbocycles. The monoisotopic (exact) mass is 414 g/mol. The molecule has 0 atom stereocenters. The summed E-state index contributed by atoms with van der Waals surface area (Å²) < 4.78 is 7.35. The molecule has 1 amide bonds. The number of carbonyl (C=O) groups excluding carboxylic acids is 1. The second-order valence-corrected chi connectivity index (χ2v) is 8.51. The molecule has 0 unspecified atom stereocenters. The molecule has 1 fully saturated rings. The number of thioether (sulfide) groups is 1. The van der Waals surface area contributed by atoms with Gasteiger partial charge in [0.2, 0.25) is 5.91 Å². The van der Waals surface area contributed by atoms with E-state index in [2.05, 4.69) is 26.1 Å². The van der Waals surface area contributed by atoms with Crippen molar-refractivity contribution in [1.82, 2.24) is 20.1 Å². The minimum Gasteiger partial charge on any atom is -0.497 e. The number of hydrogen-bond donors (Lipinski definition) is 1. The number of thiophene rings is 1. The Labute approximate surface area is 172 Å². The lowest BCUT2D eigenvalue weighted by atomic mass is 10.1. The van der Waals surface area contributed by atoms with E-state index in [1.165, 1.54) is 17.3 Å². The lowest BCUT2D eigenvalue weighted by Gasteiger charge is -2.08. The molecule has 0 bridgehead atoms. The third-order valence-electron chi connectivity index (χ3n) is 4.55. The van der Waals surface area contributed by atoms with Gasteiger partial charge in [0.1, 0.15) is 5.75 Å². The Bertz CT molecular complexity index is 918. The first-order valence-electron chi connectivity index (χ1n) is 9.26. The lowest BCUT2D eigenvalue weighted by Crippen LogP contribution is -2.27. The smallest absolute Gasteiger partial charge is 0.230 e. The summed E-state index contributed by atoms with van der Waals surface area (Å²) in [5, 5.41) is 14.6. The number of benzene rings is 1. The van der Waals surface area contributed by atoms with Gasteiger partial charge in [0.25, 0.3) is 0 Å². The van der Waals surface area contributed by atoms with Crippen molar-refractivity contribution in [2.24, 2.45) is 0 Å². The van der Waals surface area contributed by atoms with Gasteiger partial charge in [0.05, 0.1) is 17.7 Å². The van der Waals surface area contributed by atoms with Crippen LogP contribution in [0.2, 0.25) is 0 Å². The van der Waals surface area contributed by atoms with Crippen LogP contribution in [0.3, 0.4) is 0 Å². The van der Waals surface area contributed by atoms with E-state index in [-0.39, 0.29) is 5.91 Å². The highest BCUT2D eigenvalue weighted by molar-refractivity contribution is 7.99. The molecule has 1 saturated carbocycles. The zero-order chi connectivity index (χ0) is 19.3. The fourth-order valence-corrected chi connectivity index (χ4v) is 4.47. The van der Waals surface area contributed by atoms with Gasteiger partial charge in [-0.2, -0.15) is 0 Å². The molecule has 0 radical (unpaired) electrons. The van der Waals surface area contributed by atoms with Crippen LogP contribution in [0, 0.1) is 0 Å². The number of carbonyl (C=O) groups is 1. The van der Waals surface area contributed by atoms with E-state index in [1.54, 1.807) is 18.4 Å². The predicted molar refractivity (Wildman–Crippen MR) is 112 cm³/mol. The summed E-state index contributed by atoms with van der Waals surface area (Å²) in [7, 11) is 1.65. The van der Waals surface area contributed by atoms with Crippen LogP contribution in [0.4, 0.5) is 0 Å². The third kappa shape index (κ3) is 4.56. The summed E-state index contributed by atoms with van der Waals surface area (Å²) >= 11 is 3.12. The highest BCUT2D eigenvalue weighted by Crippen LogP contribution is 2.41. The Kier molecular flexibility index (Phi) is 5.97. The van der Waals surface area contributed by atoms with Crippen LogP contribution in [-0.2, 0) is 11.2 Å². The maximum Gasteiger partial charge on any atom is 0.230 e. The van der Waals surface area contributed by atoms with E-state index in [1.807, 2.05) is 35.7 Å². The van der Waals surface area contributed by atoms with E-state index >= 15 is 0 Å². The number of ether oxygens (including phenoxy) is 1. The average molecular weight is 415 g/mol. The zero-order valence-corrected chi connectivity index (χ0v) is 17.3. The highest BCUT2D eigenvalue weighted by atomic mass is 32.2. The summed E-state index contributed by atoms with van der Waals surface area (Å²) in [6.07, 6.45) is 3.09. The van der Waals surface area contributed by atoms with Crippen molar-refractivity contribution in [3.05, 3.63) is 47.3 Å². The maximum absolute atomic E-state index is 12.2. The molecule has 6 nitrogen and oxygen atoms in total. The van der Waals surface area contributed by atoms with Gasteiger partial charge in [-0.25, -0.2) is 0 Å². The zero-order valence-electron chi connectivity index (χ0n) is 15.6. The molecule has 1 aliphatic rings.